The van der Waals surface area contributed by atoms with Crippen LogP contribution in [0, 0.1) is 11.8 Å². The van der Waals surface area contributed by atoms with Crippen molar-refractivity contribution in [2.75, 3.05) is 12.8 Å². The second-order valence-electron chi connectivity index (χ2n) is 6.69. The van der Waals surface area contributed by atoms with Gasteiger partial charge in [-0.2, -0.15) is 11.8 Å². The Bertz CT molecular complexity index is 237. The maximum absolute atomic E-state index is 3.64. The zero-order valence-electron chi connectivity index (χ0n) is 13.0. The molecule has 2 saturated carbocycles. The molecule has 0 bridgehead atoms. The van der Waals surface area contributed by atoms with Crippen molar-refractivity contribution in [2.45, 2.75) is 82.4 Å². The Labute approximate surface area is 124 Å². The van der Waals surface area contributed by atoms with Crippen LogP contribution in [0.5, 0.6) is 0 Å². The van der Waals surface area contributed by atoms with Gasteiger partial charge in [0.05, 0.1) is 0 Å². The van der Waals surface area contributed by atoms with Gasteiger partial charge in [0.15, 0.2) is 0 Å². The third-order valence-corrected chi connectivity index (χ3v) is 6.90. The lowest BCUT2D eigenvalue weighted by Crippen LogP contribution is -2.39. The Morgan fingerprint density at radius 1 is 1.05 bits per heavy atom. The molecule has 0 aliphatic heterocycles. The van der Waals surface area contributed by atoms with E-state index in [1.165, 1.54) is 70.0 Å². The fraction of sp³-hybridized carbons (Fsp3) is 1.00. The predicted molar refractivity (Wildman–Crippen MR) is 87.9 cm³/mol. The fourth-order valence-corrected chi connectivity index (χ4v) is 5.58. The number of thioether (sulfide) groups is 1. The quantitative estimate of drug-likeness (QED) is 0.747. The molecule has 19 heavy (non-hydrogen) atoms. The molecule has 0 aromatic rings. The molecule has 2 fully saturated rings. The molecular weight excluding hydrogens is 250 g/mol. The molecule has 1 N–H and O–H groups in total. The summed E-state index contributed by atoms with van der Waals surface area (Å²) in [6.45, 7) is 2.37. The van der Waals surface area contributed by atoms with E-state index in [0.29, 0.717) is 0 Å². The lowest BCUT2D eigenvalue weighted by atomic mass is 9.77. The third kappa shape index (κ3) is 4.97. The van der Waals surface area contributed by atoms with E-state index >= 15 is 0 Å². The highest BCUT2D eigenvalue weighted by molar-refractivity contribution is 7.99. The van der Waals surface area contributed by atoms with E-state index in [1.54, 1.807) is 0 Å². The Balaban J connectivity index is 1.75. The molecule has 3 atom stereocenters. The van der Waals surface area contributed by atoms with Crippen LogP contribution in [0.25, 0.3) is 0 Å². The van der Waals surface area contributed by atoms with Gasteiger partial charge in [-0.1, -0.05) is 45.4 Å². The van der Waals surface area contributed by atoms with Crippen molar-refractivity contribution in [3.05, 3.63) is 0 Å². The summed E-state index contributed by atoms with van der Waals surface area (Å²) in [5, 5.41) is 4.60. The summed E-state index contributed by atoms with van der Waals surface area (Å²) in [5.41, 5.74) is 0. The highest BCUT2D eigenvalue weighted by Crippen LogP contribution is 2.35. The molecule has 0 amide bonds. The van der Waals surface area contributed by atoms with E-state index in [2.05, 4.69) is 31.1 Å². The van der Waals surface area contributed by atoms with Crippen molar-refractivity contribution < 1.29 is 0 Å². The monoisotopic (exact) mass is 283 g/mol. The van der Waals surface area contributed by atoms with Gasteiger partial charge in [-0.3, -0.25) is 0 Å². The first-order valence-corrected chi connectivity index (χ1v) is 9.67. The van der Waals surface area contributed by atoms with Crippen molar-refractivity contribution in [3.63, 3.8) is 0 Å². The molecule has 1 nitrogen and oxygen atoms in total. The van der Waals surface area contributed by atoms with Crippen LogP contribution < -0.4 is 5.32 Å². The van der Waals surface area contributed by atoms with Crippen LogP contribution in [-0.2, 0) is 0 Å². The summed E-state index contributed by atoms with van der Waals surface area (Å²) in [6.07, 6.45) is 14.7. The van der Waals surface area contributed by atoms with Gasteiger partial charge in [0.1, 0.15) is 0 Å². The Kier molecular flexibility index (Phi) is 7.07. The summed E-state index contributed by atoms with van der Waals surface area (Å²) in [4.78, 5) is 0. The molecule has 0 heterocycles. The number of hydrogen-bond donors (Lipinski definition) is 1. The average molecular weight is 284 g/mol. The lowest BCUT2D eigenvalue weighted by Gasteiger charge is -2.35. The first kappa shape index (κ1) is 15.7. The number of nitrogens with one attached hydrogen (secondary N) is 1. The highest BCUT2D eigenvalue weighted by atomic mass is 32.2. The van der Waals surface area contributed by atoms with Crippen LogP contribution in [0.4, 0.5) is 0 Å². The summed E-state index contributed by atoms with van der Waals surface area (Å²) < 4.78 is 0. The van der Waals surface area contributed by atoms with Gasteiger partial charge in [0, 0.05) is 17.0 Å². The van der Waals surface area contributed by atoms with Gasteiger partial charge < -0.3 is 5.32 Å². The molecular formula is C17H33NS. The zero-order chi connectivity index (χ0) is 13.5. The summed E-state index contributed by atoms with van der Waals surface area (Å²) in [6, 6.07) is 0.765. The van der Waals surface area contributed by atoms with Gasteiger partial charge in [-0.05, 0) is 44.6 Å². The van der Waals surface area contributed by atoms with E-state index in [0.717, 1.165) is 23.1 Å². The zero-order valence-corrected chi connectivity index (χ0v) is 13.8. The standard InChI is InChI=1S/C17H33NS/c1-3-14-8-7-9-15(12-14)17(18-2)13-19-16-10-5-4-6-11-16/h14-18H,3-13H2,1-2H3. The highest BCUT2D eigenvalue weighted by Gasteiger charge is 2.27. The fourth-order valence-electron chi connectivity index (χ4n) is 4.00. The summed E-state index contributed by atoms with van der Waals surface area (Å²) >= 11 is 2.27. The topological polar surface area (TPSA) is 12.0 Å². The first-order chi connectivity index (χ1) is 9.33. The van der Waals surface area contributed by atoms with Crippen LogP contribution in [0.3, 0.4) is 0 Å². The molecule has 0 saturated heterocycles. The van der Waals surface area contributed by atoms with Gasteiger partial charge in [-0.25, -0.2) is 0 Å². The van der Waals surface area contributed by atoms with Crippen LogP contribution in [0.1, 0.15) is 71.1 Å². The third-order valence-electron chi connectivity index (χ3n) is 5.40. The maximum atomic E-state index is 3.64. The van der Waals surface area contributed by atoms with Gasteiger partial charge in [0.2, 0.25) is 0 Å². The van der Waals surface area contributed by atoms with E-state index < -0.39 is 0 Å². The normalized spacial score (nSPS) is 31.3. The number of rotatable bonds is 6. The first-order valence-electron chi connectivity index (χ1n) is 8.62. The molecule has 2 aliphatic carbocycles. The molecule has 0 radical (unpaired) electrons. The molecule has 0 spiro atoms. The molecule has 3 unspecified atom stereocenters. The maximum Gasteiger partial charge on any atom is 0.0183 e. The molecule has 0 aromatic heterocycles. The molecule has 112 valence electrons. The molecule has 2 aliphatic rings. The minimum atomic E-state index is 0.765. The summed E-state index contributed by atoms with van der Waals surface area (Å²) in [5.74, 6) is 3.30. The van der Waals surface area contributed by atoms with E-state index in [9.17, 15) is 0 Å². The SMILES string of the molecule is CCC1CCCC(C(CSC2CCCCC2)NC)C1. The van der Waals surface area contributed by atoms with Crippen LogP contribution >= 0.6 is 11.8 Å². The predicted octanol–water partition coefficient (Wildman–Crippen LogP) is 4.86. The van der Waals surface area contributed by atoms with Crippen molar-refractivity contribution in [3.8, 4) is 0 Å². The van der Waals surface area contributed by atoms with Crippen LogP contribution in [-0.4, -0.2) is 24.1 Å². The van der Waals surface area contributed by atoms with E-state index in [-0.39, 0.29) is 0 Å². The van der Waals surface area contributed by atoms with Crippen molar-refractivity contribution in [2.24, 2.45) is 11.8 Å². The minimum absolute atomic E-state index is 0.765. The van der Waals surface area contributed by atoms with Crippen LogP contribution in [0.15, 0.2) is 0 Å². The Hall–Kier alpha value is 0.310. The van der Waals surface area contributed by atoms with Gasteiger partial charge >= 0.3 is 0 Å². The second kappa shape index (κ2) is 8.56. The van der Waals surface area contributed by atoms with Crippen molar-refractivity contribution >= 4 is 11.8 Å². The average Bonchev–Trinajstić information content (AvgIpc) is 2.49. The second-order valence-corrected chi connectivity index (χ2v) is 8.02. The molecule has 0 aromatic carbocycles. The van der Waals surface area contributed by atoms with Crippen molar-refractivity contribution in [1.82, 2.24) is 5.32 Å². The molecule has 2 heteroatoms. The lowest BCUT2D eigenvalue weighted by molar-refractivity contribution is 0.223. The number of hydrogen-bond acceptors (Lipinski definition) is 2. The van der Waals surface area contributed by atoms with Gasteiger partial charge in [-0.15, -0.1) is 0 Å². The Morgan fingerprint density at radius 2 is 1.84 bits per heavy atom. The summed E-state index contributed by atoms with van der Waals surface area (Å²) in [7, 11) is 2.18. The van der Waals surface area contributed by atoms with E-state index in [4.69, 9.17) is 0 Å². The van der Waals surface area contributed by atoms with Gasteiger partial charge in [0.25, 0.3) is 0 Å². The Morgan fingerprint density at radius 3 is 2.53 bits per heavy atom. The largest absolute Gasteiger partial charge is 0.316 e. The van der Waals surface area contributed by atoms with Crippen LogP contribution in [0.2, 0.25) is 0 Å². The smallest absolute Gasteiger partial charge is 0.0183 e. The van der Waals surface area contributed by atoms with E-state index in [1.807, 2.05) is 0 Å². The molecule has 2 rings (SSSR count). The minimum Gasteiger partial charge on any atom is -0.316 e. The van der Waals surface area contributed by atoms with Crippen molar-refractivity contribution in [1.29, 1.82) is 0 Å².